The van der Waals surface area contributed by atoms with Gasteiger partial charge < -0.3 is 9.47 Å². The lowest BCUT2D eigenvalue weighted by Crippen LogP contribution is -2.27. The van der Waals surface area contributed by atoms with Crippen LogP contribution in [-0.4, -0.2) is 18.2 Å². The van der Waals surface area contributed by atoms with E-state index < -0.39 is 11.6 Å². The molecular weight excluding hydrogens is 230 g/mol. The van der Waals surface area contributed by atoms with Gasteiger partial charge in [-0.25, -0.2) is 4.79 Å². The van der Waals surface area contributed by atoms with E-state index in [9.17, 15) is 4.79 Å². The van der Waals surface area contributed by atoms with Crippen LogP contribution in [0.3, 0.4) is 0 Å². The Kier molecular flexibility index (Phi) is 4.33. The normalized spacial score (nSPS) is 10.6. The van der Waals surface area contributed by atoms with E-state index in [2.05, 4.69) is 0 Å². The number of rotatable bonds is 3. The second-order valence-corrected chi connectivity index (χ2v) is 4.99. The number of esters is 1. The van der Waals surface area contributed by atoms with E-state index in [1.54, 1.807) is 32.9 Å². The van der Waals surface area contributed by atoms with Crippen LogP contribution in [0.15, 0.2) is 18.2 Å². The highest BCUT2D eigenvalue weighted by Crippen LogP contribution is 2.19. The third-order valence-electron chi connectivity index (χ3n) is 2.02. The lowest BCUT2D eigenvalue weighted by molar-refractivity contribution is -0.157. The molecule has 0 heterocycles. The van der Waals surface area contributed by atoms with Crippen LogP contribution >= 0.6 is 0 Å². The van der Waals surface area contributed by atoms with Gasteiger partial charge >= 0.3 is 5.97 Å². The number of ether oxygens (including phenoxy) is 2. The largest absolute Gasteiger partial charge is 0.481 e. The summed E-state index contributed by atoms with van der Waals surface area (Å²) in [4.78, 5) is 11.5. The van der Waals surface area contributed by atoms with Gasteiger partial charge in [0.25, 0.3) is 0 Å². The van der Waals surface area contributed by atoms with Crippen LogP contribution < -0.4 is 4.74 Å². The summed E-state index contributed by atoms with van der Waals surface area (Å²) in [6.45, 7) is 7.06. The maximum Gasteiger partial charge on any atom is 0.344 e. The van der Waals surface area contributed by atoms with Gasteiger partial charge in [-0.2, -0.15) is 5.26 Å². The van der Waals surface area contributed by atoms with Crippen LogP contribution in [0.25, 0.3) is 0 Å². The molecule has 0 aliphatic rings. The number of hydrogen-bond acceptors (Lipinski definition) is 4. The minimum Gasteiger partial charge on any atom is -0.481 e. The molecule has 4 nitrogen and oxygen atoms in total. The molecule has 0 unspecified atom stereocenters. The van der Waals surface area contributed by atoms with Crippen LogP contribution in [0.1, 0.15) is 31.9 Å². The summed E-state index contributed by atoms with van der Waals surface area (Å²) in [6, 6.07) is 7.23. The summed E-state index contributed by atoms with van der Waals surface area (Å²) in [6.07, 6.45) is 0. The Morgan fingerprint density at radius 2 is 2.06 bits per heavy atom. The van der Waals surface area contributed by atoms with Crippen molar-refractivity contribution in [3.8, 4) is 11.8 Å². The van der Waals surface area contributed by atoms with Crippen molar-refractivity contribution in [2.75, 3.05) is 6.61 Å². The SMILES string of the molecule is Cc1ccc(C#N)c(OCC(=O)OC(C)(C)C)c1. The minimum atomic E-state index is -0.537. The van der Waals surface area contributed by atoms with Crippen molar-refractivity contribution in [3.63, 3.8) is 0 Å². The summed E-state index contributed by atoms with van der Waals surface area (Å²) in [5.41, 5.74) is 0.836. The molecule has 0 aromatic heterocycles. The van der Waals surface area contributed by atoms with E-state index >= 15 is 0 Å². The Morgan fingerprint density at radius 1 is 1.39 bits per heavy atom. The molecule has 1 rings (SSSR count). The van der Waals surface area contributed by atoms with Gasteiger partial charge in [-0.15, -0.1) is 0 Å². The molecule has 1 aromatic rings. The number of aryl methyl sites for hydroxylation is 1. The van der Waals surface area contributed by atoms with Crippen LogP contribution in [0.5, 0.6) is 5.75 Å². The highest BCUT2D eigenvalue weighted by molar-refractivity contribution is 5.71. The van der Waals surface area contributed by atoms with E-state index in [-0.39, 0.29) is 6.61 Å². The number of benzene rings is 1. The van der Waals surface area contributed by atoms with Crippen molar-refractivity contribution in [1.29, 1.82) is 5.26 Å². The molecule has 0 bridgehead atoms. The third kappa shape index (κ3) is 4.46. The molecule has 0 saturated carbocycles. The fraction of sp³-hybridized carbons (Fsp3) is 0.429. The lowest BCUT2D eigenvalue weighted by Gasteiger charge is -2.19. The maximum absolute atomic E-state index is 11.5. The lowest BCUT2D eigenvalue weighted by atomic mass is 10.1. The monoisotopic (exact) mass is 247 g/mol. The Hall–Kier alpha value is -2.02. The smallest absolute Gasteiger partial charge is 0.344 e. The van der Waals surface area contributed by atoms with Crippen LogP contribution in [0.4, 0.5) is 0 Å². The Balaban J connectivity index is 2.67. The fourth-order valence-electron chi connectivity index (χ4n) is 1.35. The van der Waals surface area contributed by atoms with E-state index in [4.69, 9.17) is 14.7 Å². The minimum absolute atomic E-state index is 0.199. The molecule has 0 amide bonds. The van der Waals surface area contributed by atoms with Gasteiger partial charge in [-0.1, -0.05) is 6.07 Å². The molecule has 0 radical (unpaired) electrons. The Bertz CT molecular complexity index is 481. The highest BCUT2D eigenvalue weighted by Gasteiger charge is 2.17. The Morgan fingerprint density at radius 3 is 2.61 bits per heavy atom. The zero-order chi connectivity index (χ0) is 13.8. The highest BCUT2D eigenvalue weighted by atomic mass is 16.6. The van der Waals surface area contributed by atoms with Crippen molar-refractivity contribution in [3.05, 3.63) is 29.3 Å². The molecule has 1 aromatic carbocycles. The Labute approximate surface area is 107 Å². The van der Waals surface area contributed by atoms with Gasteiger partial charge in [-0.3, -0.25) is 0 Å². The van der Waals surface area contributed by atoms with Crippen molar-refractivity contribution < 1.29 is 14.3 Å². The van der Waals surface area contributed by atoms with Crippen molar-refractivity contribution in [2.24, 2.45) is 0 Å². The van der Waals surface area contributed by atoms with E-state index in [1.165, 1.54) is 0 Å². The zero-order valence-corrected chi connectivity index (χ0v) is 11.1. The van der Waals surface area contributed by atoms with E-state index in [0.717, 1.165) is 5.56 Å². The molecule has 0 spiro atoms. The predicted molar refractivity (Wildman–Crippen MR) is 67.2 cm³/mol. The molecule has 18 heavy (non-hydrogen) atoms. The third-order valence-corrected chi connectivity index (χ3v) is 2.02. The van der Waals surface area contributed by atoms with Crippen molar-refractivity contribution in [1.82, 2.24) is 0 Å². The number of nitriles is 1. The molecule has 0 aliphatic heterocycles. The molecule has 0 N–H and O–H groups in total. The first-order valence-electron chi connectivity index (χ1n) is 5.67. The van der Waals surface area contributed by atoms with Crippen LogP contribution in [0.2, 0.25) is 0 Å². The number of nitrogens with zero attached hydrogens (tertiary/aromatic N) is 1. The first kappa shape index (κ1) is 14.0. The summed E-state index contributed by atoms with van der Waals surface area (Å²) in [5.74, 6) is -0.0451. The van der Waals surface area contributed by atoms with Gasteiger partial charge in [0.2, 0.25) is 0 Å². The van der Waals surface area contributed by atoms with Crippen molar-refractivity contribution in [2.45, 2.75) is 33.3 Å². The molecule has 0 atom stereocenters. The van der Waals surface area contributed by atoms with E-state index in [1.807, 2.05) is 19.1 Å². The molecular formula is C14H17NO3. The van der Waals surface area contributed by atoms with Gasteiger partial charge in [0.1, 0.15) is 17.4 Å². The second-order valence-electron chi connectivity index (χ2n) is 4.99. The molecule has 96 valence electrons. The van der Waals surface area contributed by atoms with Crippen LogP contribution in [-0.2, 0) is 9.53 Å². The van der Waals surface area contributed by atoms with Gasteiger partial charge in [0.05, 0.1) is 5.56 Å². The maximum atomic E-state index is 11.5. The summed E-state index contributed by atoms with van der Waals surface area (Å²) < 4.78 is 10.4. The summed E-state index contributed by atoms with van der Waals surface area (Å²) in [5, 5.41) is 8.91. The average molecular weight is 247 g/mol. The summed E-state index contributed by atoms with van der Waals surface area (Å²) in [7, 11) is 0. The topological polar surface area (TPSA) is 59.3 Å². The number of hydrogen-bond donors (Lipinski definition) is 0. The number of carbonyl (C=O) groups is 1. The second kappa shape index (κ2) is 5.54. The number of carbonyl (C=O) groups excluding carboxylic acids is 1. The van der Waals surface area contributed by atoms with Crippen LogP contribution in [0, 0.1) is 18.3 Å². The van der Waals surface area contributed by atoms with Gasteiger partial charge in [0.15, 0.2) is 6.61 Å². The molecule has 4 heteroatoms. The molecule has 0 fully saturated rings. The molecule has 0 aliphatic carbocycles. The summed E-state index contributed by atoms with van der Waals surface area (Å²) >= 11 is 0. The zero-order valence-electron chi connectivity index (χ0n) is 11.1. The van der Waals surface area contributed by atoms with Gasteiger partial charge in [0, 0.05) is 0 Å². The predicted octanol–water partition coefficient (Wildman–Crippen LogP) is 2.59. The first-order chi connectivity index (χ1) is 8.31. The van der Waals surface area contributed by atoms with Crippen molar-refractivity contribution >= 4 is 5.97 Å². The standard InChI is InChI=1S/C14H17NO3/c1-10-5-6-11(8-15)12(7-10)17-9-13(16)18-14(2,3)4/h5-7H,9H2,1-4H3. The van der Waals surface area contributed by atoms with E-state index in [0.29, 0.717) is 11.3 Å². The van der Waals surface area contributed by atoms with Gasteiger partial charge in [-0.05, 0) is 45.4 Å². The first-order valence-corrected chi connectivity index (χ1v) is 5.67. The molecule has 0 saturated heterocycles. The fourth-order valence-corrected chi connectivity index (χ4v) is 1.35. The quantitative estimate of drug-likeness (QED) is 0.770. The average Bonchev–Trinajstić information content (AvgIpc) is 2.24.